The number of aliphatic hydroxyl groups is 1. The van der Waals surface area contributed by atoms with Crippen LogP contribution in [0.3, 0.4) is 0 Å². The summed E-state index contributed by atoms with van der Waals surface area (Å²) in [5, 5.41) is 10.1. The van der Waals surface area contributed by atoms with Crippen LogP contribution in [0.5, 0.6) is 0 Å². The Kier molecular flexibility index (Phi) is 6.75. The molecular formula is C15H17ClF7NO. The zero-order chi connectivity index (χ0) is 18.3. The summed E-state index contributed by atoms with van der Waals surface area (Å²) < 4.78 is 91.4. The summed E-state index contributed by atoms with van der Waals surface area (Å²) in [6, 6.07) is -1.95. The van der Waals surface area contributed by atoms with Gasteiger partial charge in [0.05, 0.1) is 23.3 Å². The lowest BCUT2D eigenvalue weighted by Gasteiger charge is -2.27. The van der Waals surface area contributed by atoms with Crippen molar-refractivity contribution in [3.8, 4) is 0 Å². The molecular weight excluding hydrogens is 379 g/mol. The fourth-order valence-electron chi connectivity index (χ4n) is 3.12. The Bertz CT molecular complexity index is 597. The maximum atomic E-state index is 14.1. The van der Waals surface area contributed by atoms with Crippen molar-refractivity contribution in [3.05, 3.63) is 34.6 Å². The van der Waals surface area contributed by atoms with Gasteiger partial charge in [-0.25, -0.2) is 4.39 Å². The predicted octanol–water partition coefficient (Wildman–Crippen LogP) is 4.84. The molecule has 2 nitrogen and oxygen atoms in total. The van der Waals surface area contributed by atoms with Gasteiger partial charge in [0.2, 0.25) is 0 Å². The molecule has 0 radical (unpaired) electrons. The standard InChI is InChI=1S/C15H16F7NO.ClH/c16-10-6-8(14(17,18)19)5-9(15(20,21)22)11(10)12(23)13(24)7-3-1-2-4-7;/h5-7,12-13,24H,1-4,23H2;1H/t12-,13+;/m1./s1. The molecule has 1 aromatic rings. The quantitative estimate of drug-likeness (QED) is 0.720. The molecule has 0 heterocycles. The topological polar surface area (TPSA) is 46.2 Å². The molecule has 2 atom stereocenters. The normalized spacial score (nSPS) is 18.8. The second kappa shape index (κ2) is 7.67. The van der Waals surface area contributed by atoms with Crippen molar-refractivity contribution in [2.45, 2.75) is 50.2 Å². The third-order valence-electron chi connectivity index (χ3n) is 4.35. The van der Waals surface area contributed by atoms with Gasteiger partial charge in [-0.3, -0.25) is 0 Å². The van der Waals surface area contributed by atoms with E-state index in [9.17, 15) is 35.8 Å². The van der Waals surface area contributed by atoms with Gasteiger partial charge in [-0.1, -0.05) is 12.8 Å². The molecule has 1 saturated carbocycles. The first-order valence-electron chi connectivity index (χ1n) is 7.34. The Morgan fingerprint density at radius 3 is 1.96 bits per heavy atom. The average Bonchev–Trinajstić information content (AvgIpc) is 2.97. The van der Waals surface area contributed by atoms with Crippen LogP contribution in [0.25, 0.3) is 0 Å². The second-order valence-corrected chi connectivity index (χ2v) is 5.98. The van der Waals surface area contributed by atoms with Crippen LogP contribution >= 0.6 is 12.4 Å². The Labute approximate surface area is 145 Å². The summed E-state index contributed by atoms with van der Waals surface area (Å²) in [5.41, 5.74) is 0.917. The molecule has 1 fully saturated rings. The summed E-state index contributed by atoms with van der Waals surface area (Å²) in [7, 11) is 0. The lowest BCUT2D eigenvalue weighted by atomic mass is 9.87. The Morgan fingerprint density at radius 2 is 1.52 bits per heavy atom. The van der Waals surface area contributed by atoms with Crippen molar-refractivity contribution in [2.75, 3.05) is 0 Å². The molecule has 0 bridgehead atoms. The molecule has 0 unspecified atom stereocenters. The molecule has 25 heavy (non-hydrogen) atoms. The number of aliphatic hydroxyl groups excluding tert-OH is 1. The minimum atomic E-state index is -5.23. The number of benzene rings is 1. The van der Waals surface area contributed by atoms with E-state index in [1.54, 1.807) is 0 Å². The lowest BCUT2D eigenvalue weighted by molar-refractivity contribution is -0.144. The largest absolute Gasteiger partial charge is 0.416 e. The van der Waals surface area contributed by atoms with Crippen molar-refractivity contribution >= 4 is 12.4 Å². The smallest absolute Gasteiger partial charge is 0.391 e. The highest BCUT2D eigenvalue weighted by atomic mass is 35.5. The zero-order valence-corrected chi connectivity index (χ0v) is 13.6. The average molecular weight is 396 g/mol. The number of nitrogens with two attached hydrogens (primary N) is 1. The molecule has 1 aromatic carbocycles. The van der Waals surface area contributed by atoms with Gasteiger partial charge in [0, 0.05) is 5.56 Å². The Balaban J connectivity index is 0.00000312. The molecule has 2 rings (SSSR count). The van der Waals surface area contributed by atoms with Crippen LogP contribution < -0.4 is 5.73 Å². The van der Waals surface area contributed by atoms with Crippen LogP contribution in [0, 0.1) is 11.7 Å². The Hall–Kier alpha value is -1.06. The van der Waals surface area contributed by atoms with Gasteiger partial charge in [-0.2, -0.15) is 26.3 Å². The first-order chi connectivity index (χ1) is 10.9. The molecule has 0 aromatic heterocycles. The summed E-state index contributed by atoms with van der Waals surface area (Å²) in [5.74, 6) is -2.12. The summed E-state index contributed by atoms with van der Waals surface area (Å²) in [4.78, 5) is 0. The van der Waals surface area contributed by atoms with E-state index in [-0.39, 0.29) is 24.5 Å². The maximum Gasteiger partial charge on any atom is 0.416 e. The van der Waals surface area contributed by atoms with Crippen LogP contribution in [-0.2, 0) is 12.4 Å². The van der Waals surface area contributed by atoms with Crippen LogP contribution in [0.1, 0.15) is 48.4 Å². The van der Waals surface area contributed by atoms with Crippen LogP contribution in [0.2, 0.25) is 0 Å². The minimum absolute atomic E-state index is 0. The first kappa shape index (κ1) is 22.0. The number of halogens is 8. The van der Waals surface area contributed by atoms with E-state index >= 15 is 0 Å². The molecule has 1 aliphatic carbocycles. The maximum absolute atomic E-state index is 14.1. The van der Waals surface area contributed by atoms with Crippen molar-refractivity contribution in [3.63, 3.8) is 0 Å². The molecule has 0 saturated heterocycles. The van der Waals surface area contributed by atoms with E-state index < -0.39 is 52.9 Å². The second-order valence-electron chi connectivity index (χ2n) is 5.98. The van der Waals surface area contributed by atoms with E-state index in [0.717, 1.165) is 12.8 Å². The molecule has 144 valence electrons. The highest BCUT2D eigenvalue weighted by Crippen LogP contribution is 2.42. The van der Waals surface area contributed by atoms with Crippen LogP contribution in [-0.4, -0.2) is 11.2 Å². The van der Waals surface area contributed by atoms with Gasteiger partial charge in [-0.15, -0.1) is 12.4 Å². The number of hydrogen-bond donors (Lipinski definition) is 2. The molecule has 1 aliphatic rings. The fourth-order valence-corrected chi connectivity index (χ4v) is 3.12. The molecule has 0 spiro atoms. The van der Waals surface area contributed by atoms with E-state index in [0.29, 0.717) is 12.8 Å². The lowest BCUT2D eigenvalue weighted by Crippen LogP contribution is -2.34. The third kappa shape index (κ3) is 4.77. The monoisotopic (exact) mass is 395 g/mol. The molecule has 3 N–H and O–H groups in total. The molecule has 10 heteroatoms. The fraction of sp³-hybridized carbons (Fsp3) is 0.600. The van der Waals surface area contributed by atoms with Gasteiger partial charge in [-0.05, 0) is 30.9 Å². The van der Waals surface area contributed by atoms with Crippen LogP contribution in [0.15, 0.2) is 12.1 Å². The van der Waals surface area contributed by atoms with Crippen molar-refractivity contribution < 1.29 is 35.8 Å². The number of rotatable bonds is 3. The van der Waals surface area contributed by atoms with Crippen molar-refractivity contribution in [2.24, 2.45) is 11.7 Å². The molecule has 0 aliphatic heterocycles. The first-order valence-corrected chi connectivity index (χ1v) is 7.34. The minimum Gasteiger partial charge on any atom is -0.391 e. The van der Waals surface area contributed by atoms with Crippen molar-refractivity contribution in [1.29, 1.82) is 0 Å². The van der Waals surface area contributed by atoms with Crippen LogP contribution in [0.4, 0.5) is 30.7 Å². The van der Waals surface area contributed by atoms with Gasteiger partial charge >= 0.3 is 12.4 Å². The highest BCUT2D eigenvalue weighted by Gasteiger charge is 2.42. The Morgan fingerprint density at radius 1 is 1.00 bits per heavy atom. The van der Waals surface area contributed by atoms with Gasteiger partial charge in [0.15, 0.2) is 0 Å². The third-order valence-corrected chi connectivity index (χ3v) is 4.35. The van der Waals surface area contributed by atoms with Gasteiger partial charge in [0.25, 0.3) is 0 Å². The van der Waals surface area contributed by atoms with E-state index in [4.69, 9.17) is 5.73 Å². The van der Waals surface area contributed by atoms with E-state index in [2.05, 4.69) is 0 Å². The van der Waals surface area contributed by atoms with E-state index in [1.807, 2.05) is 0 Å². The van der Waals surface area contributed by atoms with Gasteiger partial charge in [0.1, 0.15) is 5.82 Å². The predicted molar refractivity (Wildman–Crippen MR) is 78.5 cm³/mol. The van der Waals surface area contributed by atoms with Gasteiger partial charge < -0.3 is 10.8 Å². The molecule has 0 amide bonds. The number of hydrogen-bond acceptors (Lipinski definition) is 2. The zero-order valence-electron chi connectivity index (χ0n) is 12.8. The highest BCUT2D eigenvalue weighted by molar-refractivity contribution is 5.85. The summed E-state index contributed by atoms with van der Waals surface area (Å²) in [6.45, 7) is 0. The SMILES string of the molecule is Cl.N[C@H](c1c(F)cc(C(F)(F)F)cc1C(F)(F)F)[C@@H](O)C1CCCC1. The summed E-state index contributed by atoms with van der Waals surface area (Å²) in [6.07, 6.45) is -9.25. The van der Waals surface area contributed by atoms with E-state index in [1.165, 1.54) is 0 Å². The van der Waals surface area contributed by atoms with Crippen molar-refractivity contribution in [1.82, 2.24) is 0 Å². The summed E-state index contributed by atoms with van der Waals surface area (Å²) >= 11 is 0. The number of alkyl halides is 6.